The van der Waals surface area contributed by atoms with Gasteiger partial charge in [0.2, 0.25) is 11.8 Å². The van der Waals surface area contributed by atoms with Crippen molar-refractivity contribution in [2.24, 2.45) is 23.7 Å². The quantitative estimate of drug-likeness (QED) is 0.126. The van der Waals surface area contributed by atoms with Gasteiger partial charge in [0, 0.05) is 27.4 Å². The lowest BCUT2D eigenvalue weighted by atomic mass is 9.44. The van der Waals surface area contributed by atoms with Crippen LogP contribution in [0, 0.1) is 23.7 Å². The van der Waals surface area contributed by atoms with Crippen LogP contribution in [0.1, 0.15) is 46.6 Å². The van der Waals surface area contributed by atoms with E-state index < -0.39 is 87.6 Å². The van der Waals surface area contributed by atoms with Crippen LogP contribution < -0.4 is 4.90 Å². The maximum Gasteiger partial charge on any atom is 0.416 e. The Morgan fingerprint density at radius 3 is 1.98 bits per heavy atom. The van der Waals surface area contributed by atoms with Crippen molar-refractivity contribution in [2.75, 3.05) is 4.90 Å². The number of halogens is 7. The highest BCUT2D eigenvalue weighted by Crippen LogP contribution is 2.64. The number of imide groups is 1. The topological polar surface area (TPSA) is 91.8 Å². The number of carbonyl (C=O) groups excluding carboxylic acids is 4. The number of hydrogen-bond acceptors (Lipinski definition) is 5. The molecule has 2 amide bonds. The van der Waals surface area contributed by atoms with Crippen molar-refractivity contribution >= 4 is 50.6 Å². The van der Waals surface area contributed by atoms with Gasteiger partial charge in [0.15, 0.2) is 11.6 Å². The van der Waals surface area contributed by atoms with Gasteiger partial charge in [-0.1, -0.05) is 88.2 Å². The number of alkyl halides is 6. The van der Waals surface area contributed by atoms with Crippen molar-refractivity contribution in [3.8, 4) is 5.75 Å². The number of anilines is 1. The summed E-state index contributed by atoms with van der Waals surface area (Å²) in [7, 11) is 0. The molecule has 6 atom stereocenters. The molecule has 280 valence electrons. The normalized spacial score (nSPS) is 26.6. The molecule has 4 aromatic carbocycles. The minimum Gasteiger partial charge on any atom is -0.508 e. The number of fused-ring (bicyclic) bond motifs is 4. The van der Waals surface area contributed by atoms with Crippen LogP contribution in [0.5, 0.6) is 5.75 Å². The summed E-state index contributed by atoms with van der Waals surface area (Å²) in [4.78, 5) is 59.0. The summed E-state index contributed by atoms with van der Waals surface area (Å²) in [5, 5.41) is 11.5. The molecule has 1 aliphatic heterocycles. The Balaban J connectivity index is 1.34. The molecule has 0 spiro atoms. The third-order valence-corrected chi connectivity index (χ3v) is 12.0. The fourth-order valence-corrected chi connectivity index (χ4v) is 9.68. The Labute approximate surface area is 318 Å². The zero-order valence-electron chi connectivity index (χ0n) is 28.4. The lowest BCUT2D eigenvalue weighted by Crippen LogP contribution is -2.58. The molecule has 2 fully saturated rings. The van der Waals surface area contributed by atoms with Crippen LogP contribution in [0.15, 0.2) is 119 Å². The molecule has 6 nitrogen and oxygen atoms in total. The van der Waals surface area contributed by atoms with Crippen molar-refractivity contribution < 1.29 is 50.6 Å². The third-order valence-electron chi connectivity index (χ3n) is 11.5. The van der Waals surface area contributed by atoms with E-state index in [4.69, 9.17) is 0 Å². The smallest absolute Gasteiger partial charge is 0.416 e. The highest BCUT2D eigenvalue weighted by molar-refractivity contribution is 9.10. The molecule has 0 bridgehead atoms. The zero-order valence-corrected chi connectivity index (χ0v) is 30.0. The van der Waals surface area contributed by atoms with Gasteiger partial charge in [0.1, 0.15) is 5.75 Å². The van der Waals surface area contributed by atoms with Crippen LogP contribution in [0.2, 0.25) is 0 Å². The number of ketones is 2. The van der Waals surface area contributed by atoms with Crippen molar-refractivity contribution in [1.29, 1.82) is 0 Å². The van der Waals surface area contributed by atoms with Crippen LogP contribution in [0.3, 0.4) is 0 Å². The molecule has 4 aliphatic rings. The second-order valence-corrected chi connectivity index (χ2v) is 15.2. The largest absolute Gasteiger partial charge is 0.508 e. The fraction of sp³-hybridized carbons (Fsp3) is 0.238. The van der Waals surface area contributed by atoms with E-state index in [1.54, 1.807) is 78.9 Å². The summed E-state index contributed by atoms with van der Waals surface area (Å²) in [5.74, 6) is -8.84. The summed E-state index contributed by atoms with van der Waals surface area (Å²) in [5.41, 5.74) is -4.16. The molecular formula is C42H28BrF6NO5. The summed E-state index contributed by atoms with van der Waals surface area (Å²) in [6.07, 6.45) is -7.78. The van der Waals surface area contributed by atoms with Gasteiger partial charge in [0.05, 0.1) is 34.1 Å². The molecule has 4 aromatic rings. The molecule has 8 rings (SSSR count). The average molecular weight is 821 g/mol. The second kappa shape index (κ2) is 12.9. The van der Waals surface area contributed by atoms with E-state index in [0.717, 1.165) is 0 Å². The van der Waals surface area contributed by atoms with Gasteiger partial charge in [-0.2, -0.15) is 26.3 Å². The Bertz CT molecular complexity index is 2320. The first-order valence-corrected chi connectivity index (χ1v) is 18.1. The lowest BCUT2D eigenvalue weighted by Gasteiger charge is -2.55. The molecule has 1 heterocycles. The molecule has 1 saturated heterocycles. The van der Waals surface area contributed by atoms with Crippen molar-refractivity contribution in [3.05, 3.63) is 147 Å². The molecule has 3 aliphatic carbocycles. The van der Waals surface area contributed by atoms with Gasteiger partial charge in [-0.25, -0.2) is 4.90 Å². The Kier molecular flexibility index (Phi) is 8.60. The Morgan fingerprint density at radius 2 is 1.36 bits per heavy atom. The third kappa shape index (κ3) is 5.68. The molecule has 6 unspecified atom stereocenters. The molecule has 0 aromatic heterocycles. The molecule has 0 radical (unpaired) electrons. The molecule has 1 N–H and O–H groups in total. The number of amides is 2. The number of carbonyl (C=O) groups is 4. The minimum absolute atomic E-state index is 0.0792. The highest BCUT2D eigenvalue weighted by Gasteiger charge is 2.66. The van der Waals surface area contributed by atoms with Crippen LogP contribution in [-0.4, -0.2) is 28.5 Å². The number of benzene rings is 4. The van der Waals surface area contributed by atoms with Gasteiger partial charge >= 0.3 is 12.4 Å². The van der Waals surface area contributed by atoms with E-state index in [9.17, 15) is 45.8 Å². The summed E-state index contributed by atoms with van der Waals surface area (Å²) in [6.45, 7) is 0. The molecule has 55 heavy (non-hydrogen) atoms. The van der Waals surface area contributed by atoms with E-state index >= 15 is 4.79 Å². The van der Waals surface area contributed by atoms with Crippen LogP contribution in [-0.2, 0) is 36.9 Å². The summed E-state index contributed by atoms with van der Waals surface area (Å²) in [6, 6.07) is 22.3. The van der Waals surface area contributed by atoms with E-state index in [1.165, 1.54) is 12.1 Å². The van der Waals surface area contributed by atoms with Gasteiger partial charge in [0.25, 0.3) is 0 Å². The van der Waals surface area contributed by atoms with Gasteiger partial charge in [-0.3, -0.25) is 19.2 Å². The van der Waals surface area contributed by atoms with Crippen LogP contribution >= 0.6 is 15.9 Å². The molecular weight excluding hydrogens is 792 g/mol. The van der Waals surface area contributed by atoms with E-state index in [2.05, 4.69) is 15.9 Å². The number of aromatic hydroxyl groups is 1. The Hall–Kier alpha value is -5.30. The highest BCUT2D eigenvalue weighted by atomic mass is 79.9. The molecule has 13 heteroatoms. The van der Waals surface area contributed by atoms with Crippen molar-refractivity contribution in [3.63, 3.8) is 0 Å². The zero-order chi connectivity index (χ0) is 39.2. The number of phenolic OH excluding ortho intramolecular Hbond substituents is 1. The summed E-state index contributed by atoms with van der Waals surface area (Å²) >= 11 is 3.46. The maximum atomic E-state index is 15.1. The average Bonchev–Trinajstić information content (AvgIpc) is 3.41. The van der Waals surface area contributed by atoms with Gasteiger partial charge in [-0.15, -0.1) is 0 Å². The SMILES string of the molecule is O=C1C(c2ccccc2)=CC(=O)C2(c3ccccc3)C1CC1C(=CCC3C(=O)N(c4cc(C(F)(F)F)cc(C(F)(F)F)c4)C(=O)C31)C2c1cc(Br)ccc1O. The maximum absolute atomic E-state index is 15.1. The van der Waals surface area contributed by atoms with Crippen molar-refractivity contribution in [1.82, 2.24) is 0 Å². The predicted molar refractivity (Wildman–Crippen MR) is 191 cm³/mol. The van der Waals surface area contributed by atoms with Gasteiger partial charge in [-0.05, 0) is 72.4 Å². The predicted octanol–water partition coefficient (Wildman–Crippen LogP) is 9.22. The number of phenols is 1. The number of allylic oxidation sites excluding steroid dienone is 4. The Morgan fingerprint density at radius 1 is 0.745 bits per heavy atom. The van der Waals surface area contributed by atoms with Crippen LogP contribution in [0.25, 0.3) is 5.57 Å². The van der Waals surface area contributed by atoms with Crippen LogP contribution in [0.4, 0.5) is 32.0 Å². The first-order chi connectivity index (χ1) is 26.0. The minimum atomic E-state index is -5.23. The monoisotopic (exact) mass is 819 g/mol. The van der Waals surface area contributed by atoms with E-state index in [1.807, 2.05) is 0 Å². The number of Topliss-reactive ketones (excluding diaryl/α,β-unsaturated/α-hetero) is 1. The first-order valence-electron chi connectivity index (χ1n) is 17.3. The fourth-order valence-electron chi connectivity index (χ4n) is 9.30. The summed E-state index contributed by atoms with van der Waals surface area (Å²) < 4.78 is 83.9. The number of hydrogen-bond donors (Lipinski definition) is 1. The first kappa shape index (κ1) is 36.7. The van der Waals surface area contributed by atoms with E-state index in [0.29, 0.717) is 38.2 Å². The number of rotatable bonds is 4. The standard InChI is InChI=1S/C42H28BrF6NO5/c43-25-11-14-33(51)31(18-25)36-27-12-13-28-35(39(55)50(38(28)54)26-16-23(41(44,45)46)15-24(17-26)42(47,48)49)30(27)19-32-37(53)29(21-7-3-1-4-8-21)20-34(52)40(32,36)22-9-5-2-6-10-22/h1-12,14-18,20,28,30,32,35-36,51H,13,19H2. The van der Waals surface area contributed by atoms with Gasteiger partial charge < -0.3 is 5.11 Å². The second-order valence-electron chi connectivity index (χ2n) is 14.3. The lowest BCUT2D eigenvalue weighted by molar-refractivity contribution is -0.143. The van der Waals surface area contributed by atoms with Crippen molar-refractivity contribution in [2.45, 2.75) is 36.5 Å². The van der Waals surface area contributed by atoms with E-state index in [-0.39, 0.29) is 35.8 Å². The molecule has 1 saturated carbocycles. The number of nitrogens with zero attached hydrogens (tertiary/aromatic N) is 1.